The van der Waals surface area contributed by atoms with Crippen molar-refractivity contribution >= 4 is 11.6 Å². The molecule has 0 aliphatic carbocycles. The monoisotopic (exact) mass is 326 g/mol. The first-order valence-electron chi connectivity index (χ1n) is 8.65. The Morgan fingerprint density at radius 1 is 0.542 bits per heavy atom. The van der Waals surface area contributed by atoms with Crippen LogP contribution in [0.2, 0.25) is 0 Å². The minimum Gasteiger partial charge on any atom is -0.293 e. The van der Waals surface area contributed by atoms with Crippen LogP contribution in [0.1, 0.15) is 38.5 Å². The van der Waals surface area contributed by atoms with Gasteiger partial charge in [0.2, 0.25) is 13.1 Å². The fourth-order valence-electron chi connectivity index (χ4n) is 2.64. The minimum absolute atomic E-state index is 0.266. The predicted molar refractivity (Wildman–Crippen MR) is 91.0 cm³/mol. The van der Waals surface area contributed by atoms with Crippen LogP contribution in [0.15, 0.2) is 61.2 Å². The average Bonchev–Trinajstić information content (AvgIpc) is 2.60. The summed E-state index contributed by atoms with van der Waals surface area (Å²) in [6, 6.07) is 11.6. The lowest BCUT2D eigenvalue weighted by molar-refractivity contribution is -0.684. The van der Waals surface area contributed by atoms with E-state index in [2.05, 4.69) is 0 Å². The molecule has 4 heteroatoms. The molecule has 126 valence electrons. The van der Waals surface area contributed by atoms with Gasteiger partial charge in [-0.3, -0.25) is 9.59 Å². The van der Waals surface area contributed by atoms with E-state index >= 15 is 0 Å². The number of unbranched alkanes of at least 4 members (excludes halogenated alkanes) is 3. The van der Waals surface area contributed by atoms with E-state index in [1.165, 1.54) is 0 Å². The molecule has 0 bridgehead atoms. The van der Waals surface area contributed by atoms with Crippen LogP contribution in [0, 0.1) is 0 Å². The number of pyridine rings is 2. The lowest BCUT2D eigenvalue weighted by Crippen LogP contribution is -2.36. The number of aromatic nitrogens is 2. The highest BCUT2D eigenvalue weighted by Crippen LogP contribution is 2.06. The summed E-state index contributed by atoms with van der Waals surface area (Å²) in [6.07, 6.45) is 12.7. The topological polar surface area (TPSA) is 41.9 Å². The van der Waals surface area contributed by atoms with Crippen LogP contribution in [0.25, 0.3) is 0 Å². The first-order chi connectivity index (χ1) is 11.7. The Labute approximate surface area is 143 Å². The molecule has 0 saturated carbocycles. The van der Waals surface area contributed by atoms with Crippen LogP contribution in [0.3, 0.4) is 0 Å². The fourth-order valence-corrected chi connectivity index (χ4v) is 2.64. The van der Waals surface area contributed by atoms with Gasteiger partial charge in [0.25, 0.3) is 0 Å². The van der Waals surface area contributed by atoms with Gasteiger partial charge < -0.3 is 0 Å². The Bertz CT molecular complexity index is 569. The van der Waals surface area contributed by atoms with Gasteiger partial charge in [0, 0.05) is 37.1 Å². The second-order valence-electron chi connectivity index (χ2n) is 6.09. The molecule has 24 heavy (non-hydrogen) atoms. The molecule has 2 rings (SSSR count). The predicted octanol–water partition coefficient (Wildman–Crippen LogP) is 2.44. The molecule has 2 aromatic rings. The van der Waals surface area contributed by atoms with Gasteiger partial charge in [-0.2, -0.15) is 9.13 Å². The third-order valence-electron chi connectivity index (χ3n) is 3.93. The number of ketones is 2. The first kappa shape index (κ1) is 18.0. The third kappa shape index (κ3) is 7.27. The van der Waals surface area contributed by atoms with Crippen LogP contribution in [-0.2, 0) is 22.7 Å². The van der Waals surface area contributed by atoms with Crippen molar-refractivity contribution in [3.05, 3.63) is 61.2 Å². The van der Waals surface area contributed by atoms with Gasteiger partial charge in [0.05, 0.1) is 0 Å². The van der Waals surface area contributed by atoms with Gasteiger partial charge in [0.15, 0.2) is 36.4 Å². The molecular formula is C20H26N2O2+2. The van der Waals surface area contributed by atoms with Crippen LogP contribution in [-0.4, -0.2) is 11.6 Å². The lowest BCUT2D eigenvalue weighted by atomic mass is 10.1. The molecule has 0 aliphatic rings. The van der Waals surface area contributed by atoms with Crippen molar-refractivity contribution in [2.75, 3.05) is 0 Å². The summed E-state index contributed by atoms with van der Waals surface area (Å²) in [5, 5.41) is 0. The van der Waals surface area contributed by atoms with E-state index in [0.717, 1.165) is 25.7 Å². The van der Waals surface area contributed by atoms with E-state index in [9.17, 15) is 9.59 Å². The summed E-state index contributed by atoms with van der Waals surface area (Å²) in [5.41, 5.74) is 0. The van der Waals surface area contributed by atoms with E-state index in [0.29, 0.717) is 25.9 Å². The Morgan fingerprint density at radius 2 is 0.917 bits per heavy atom. The minimum atomic E-state index is 0.266. The number of hydrogen-bond acceptors (Lipinski definition) is 2. The quantitative estimate of drug-likeness (QED) is 0.470. The zero-order chi connectivity index (χ0) is 17.0. The van der Waals surface area contributed by atoms with Crippen molar-refractivity contribution < 1.29 is 18.7 Å². The molecule has 0 aromatic carbocycles. The van der Waals surface area contributed by atoms with Gasteiger partial charge in [-0.15, -0.1) is 0 Å². The van der Waals surface area contributed by atoms with Crippen LogP contribution < -0.4 is 9.13 Å². The smallest absolute Gasteiger partial charge is 0.206 e. The van der Waals surface area contributed by atoms with Crippen molar-refractivity contribution in [1.29, 1.82) is 0 Å². The maximum absolute atomic E-state index is 11.9. The van der Waals surface area contributed by atoms with Crippen molar-refractivity contribution in [3.63, 3.8) is 0 Å². The molecule has 0 fully saturated rings. The highest BCUT2D eigenvalue weighted by Gasteiger charge is 2.10. The Balaban J connectivity index is 1.50. The molecule has 4 nitrogen and oxygen atoms in total. The number of Topliss-reactive ketones (excluding diaryl/α,β-unsaturated/α-hetero) is 2. The number of hydrogen-bond donors (Lipinski definition) is 0. The second-order valence-corrected chi connectivity index (χ2v) is 6.09. The molecule has 0 radical (unpaired) electrons. The second kappa shape index (κ2) is 10.4. The zero-order valence-electron chi connectivity index (χ0n) is 14.1. The molecule has 0 N–H and O–H groups in total. The maximum atomic E-state index is 11.9. The van der Waals surface area contributed by atoms with Gasteiger partial charge >= 0.3 is 0 Å². The zero-order valence-corrected chi connectivity index (χ0v) is 14.1. The van der Waals surface area contributed by atoms with Crippen LogP contribution >= 0.6 is 0 Å². The molecular weight excluding hydrogens is 300 g/mol. The summed E-state index contributed by atoms with van der Waals surface area (Å²) in [6.45, 7) is 0.904. The van der Waals surface area contributed by atoms with Gasteiger partial charge in [-0.05, 0) is 12.8 Å². The summed E-state index contributed by atoms with van der Waals surface area (Å²) < 4.78 is 3.81. The van der Waals surface area contributed by atoms with Gasteiger partial charge in [0.1, 0.15) is 0 Å². The van der Waals surface area contributed by atoms with Gasteiger partial charge in [-0.1, -0.05) is 25.0 Å². The van der Waals surface area contributed by atoms with E-state index in [4.69, 9.17) is 0 Å². The van der Waals surface area contributed by atoms with Crippen molar-refractivity contribution in [1.82, 2.24) is 0 Å². The first-order valence-corrected chi connectivity index (χ1v) is 8.65. The molecule has 2 aromatic heterocycles. The van der Waals surface area contributed by atoms with Gasteiger partial charge in [-0.25, -0.2) is 0 Å². The number of carbonyl (C=O) groups is 2. The van der Waals surface area contributed by atoms with Crippen molar-refractivity contribution in [3.8, 4) is 0 Å². The highest BCUT2D eigenvalue weighted by molar-refractivity contribution is 5.77. The molecule has 0 unspecified atom stereocenters. The lowest BCUT2D eigenvalue weighted by Gasteiger charge is -2.00. The number of nitrogens with zero attached hydrogens (tertiary/aromatic N) is 2. The summed E-state index contributed by atoms with van der Waals surface area (Å²) in [5.74, 6) is 0.533. The van der Waals surface area contributed by atoms with E-state index in [1.54, 1.807) is 0 Å². The fraction of sp³-hybridized carbons (Fsp3) is 0.400. The largest absolute Gasteiger partial charge is 0.293 e. The molecule has 0 atom stereocenters. The molecule has 2 heterocycles. The van der Waals surface area contributed by atoms with Crippen molar-refractivity contribution in [2.24, 2.45) is 0 Å². The molecule has 0 saturated heterocycles. The summed E-state index contributed by atoms with van der Waals surface area (Å²) in [7, 11) is 0. The standard InChI is InChI=1S/C20H26N2O2/c23-19(17-21-13-7-3-8-14-21)11-5-1-2-6-12-20(24)18-22-15-9-4-10-16-22/h3-4,7-10,13-16H,1-2,5-6,11-12,17-18H2/q+2. The Morgan fingerprint density at radius 3 is 1.29 bits per heavy atom. The van der Waals surface area contributed by atoms with E-state index < -0.39 is 0 Å². The summed E-state index contributed by atoms with van der Waals surface area (Å²) >= 11 is 0. The van der Waals surface area contributed by atoms with Crippen LogP contribution in [0.5, 0.6) is 0 Å². The van der Waals surface area contributed by atoms with Crippen molar-refractivity contribution in [2.45, 2.75) is 51.6 Å². The molecule has 0 amide bonds. The highest BCUT2D eigenvalue weighted by atomic mass is 16.1. The Hall–Kier alpha value is -2.36. The Kier molecular flexibility index (Phi) is 7.81. The average molecular weight is 326 g/mol. The number of rotatable bonds is 11. The SMILES string of the molecule is O=C(CCCCCCC(=O)C[n+]1ccccc1)C[n+]1ccccc1. The third-order valence-corrected chi connectivity index (χ3v) is 3.93. The normalized spacial score (nSPS) is 10.5. The molecule has 0 aliphatic heterocycles. The van der Waals surface area contributed by atoms with E-state index in [-0.39, 0.29) is 11.6 Å². The van der Waals surface area contributed by atoms with E-state index in [1.807, 2.05) is 70.3 Å². The molecule has 0 spiro atoms. The maximum Gasteiger partial charge on any atom is 0.206 e. The van der Waals surface area contributed by atoms with Crippen LogP contribution in [0.4, 0.5) is 0 Å². The summed E-state index contributed by atoms with van der Waals surface area (Å²) in [4.78, 5) is 23.8. The number of carbonyl (C=O) groups excluding carboxylic acids is 2.